The minimum atomic E-state index is 0.544. The third-order valence-corrected chi connectivity index (χ3v) is 3.95. The maximum atomic E-state index is 4.44. The first-order chi connectivity index (χ1) is 8.42. The van der Waals surface area contributed by atoms with Crippen LogP contribution in [0.5, 0.6) is 0 Å². The van der Waals surface area contributed by atoms with Crippen LogP contribution in [0, 0.1) is 0 Å². The normalized spacial score (nSPS) is 25.3. The number of hydrogen-bond acceptors (Lipinski definition) is 3. The summed E-state index contributed by atoms with van der Waals surface area (Å²) in [5, 5.41) is 7.10. The minimum Gasteiger partial charge on any atom is -0.367 e. The van der Waals surface area contributed by atoms with Crippen LogP contribution in [-0.4, -0.2) is 17.6 Å². The zero-order valence-corrected chi connectivity index (χ0v) is 10.3. The summed E-state index contributed by atoms with van der Waals surface area (Å²) in [6.45, 7) is 1.15. The lowest BCUT2D eigenvalue weighted by atomic mass is 10.1. The van der Waals surface area contributed by atoms with E-state index < -0.39 is 0 Å². The number of nitrogens with one attached hydrogen (secondary N) is 2. The lowest BCUT2D eigenvalue weighted by Gasteiger charge is -2.15. The van der Waals surface area contributed by atoms with E-state index in [2.05, 4.69) is 27.8 Å². The Kier molecular flexibility index (Phi) is 3.27. The Morgan fingerprint density at radius 1 is 1.18 bits per heavy atom. The Labute approximate surface area is 103 Å². The van der Waals surface area contributed by atoms with Gasteiger partial charge in [-0.3, -0.25) is 0 Å². The maximum Gasteiger partial charge on any atom is 0.126 e. The molecule has 2 aliphatic rings. The van der Waals surface area contributed by atoms with E-state index in [9.17, 15) is 0 Å². The number of nitrogens with zero attached hydrogens (tertiary/aromatic N) is 1. The zero-order valence-electron chi connectivity index (χ0n) is 10.3. The fourth-order valence-electron chi connectivity index (χ4n) is 2.99. The van der Waals surface area contributed by atoms with E-state index >= 15 is 0 Å². The highest BCUT2D eigenvalue weighted by Gasteiger charge is 2.18. The molecule has 1 aromatic rings. The molecule has 0 amide bonds. The van der Waals surface area contributed by atoms with Crippen LogP contribution >= 0.6 is 0 Å². The molecule has 3 nitrogen and oxygen atoms in total. The van der Waals surface area contributed by atoms with Crippen LogP contribution < -0.4 is 10.6 Å². The zero-order chi connectivity index (χ0) is 11.5. The Balaban J connectivity index is 1.69. The highest BCUT2D eigenvalue weighted by Crippen LogP contribution is 2.26. The van der Waals surface area contributed by atoms with Crippen LogP contribution in [0.15, 0.2) is 18.3 Å². The van der Waals surface area contributed by atoms with E-state index in [0.29, 0.717) is 12.1 Å². The molecule has 2 fully saturated rings. The Morgan fingerprint density at radius 3 is 2.82 bits per heavy atom. The molecule has 1 unspecified atom stereocenters. The van der Waals surface area contributed by atoms with Gasteiger partial charge in [0.25, 0.3) is 0 Å². The molecular weight excluding hydrogens is 210 g/mol. The van der Waals surface area contributed by atoms with Crippen LogP contribution in [0.3, 0.4) is 0 Å². The van der Waals surface area contributed by atoms with Crippen molar-refractivity contribution >= 4 is 5.82 Å². The number of aromatic nitrogens is 1. The Bertz CT molecular complexity index is 365. The average molecular weight is 231 g/mol. The number of anilines is 1. The van der Waals surface area contributed by atoms with Crippen molar-refractivity contribution in [2.24, 2.45) is 0 Å². The van der Waals surface area contributed by atoms with Crippen LogP contribution in [-0.2, 0) is 0 Å². The molecule has 1 aliphatic carbocycles. The van der Waals surface area contributed by atoms with Crippen LogP contribution in [0.25, 0.3) is 0 Å². The van der Waals surface area contributed by atoms with E-state index in [-0.39, 0.29) is 0 Å². The van der Waals surface area contributed by atoms with Gasteiger partial charge in [-0.2, -0.15) is 0 Å². The van der Waals surface area contributed by atoms with Gasteiger partial charge in [0.2, 0.25) is 0 Å². The van der Waals surface area contributed by atoms with Crippen molar-refractivity contribution in [3.05, 3.63) is 23.9 Å². The van der Waals surface area contributed by atoms with Gasteiger partial charge >= 0.3 is 0 Å². The predicted molar refractivity (Wildman–Crippen MR) is 70.1 cm³/mol. The molecule has 1 atom stereocenters. The van der Waals surface area contributed by atoms with Gasteiger partial charge < -0.3 is 10.6 Å². The highest BCUT2D eigenvalue weighted by molar-refractivity contribution is 5.40. The van der Waals surface area contributed by atoms with Crippen molar-refractivity contribution < 1.29 is 0 Å². The third kappa shape index (κ3) is 2.60. The van der Waals surface area contributed by atoms with Gasteiger partial charge in [-0.1, -0.05) is 12.8 Å². The molecule has 3 rings (SSSR count). The lowest BCUT2D eigenvalue weighted by Crippen LogP contribution is -2.17. The molecular formula is C14H21N3. The molecule has 0 spiro atoms. The Hall–Kier alpha value is -1.09. The minimum absolute atomic E-state index is 0.544. The summed E-state index contributed by atoms with van der Waals surface area (Å²) in [7, 11) is 0. The van der Waals surface area contributed by atoms with Crippen LogP contribution in [0.1, 0.15) is 50.1 Å². The molecule has 1 saturated heterocycles. The molecule has 2 N–H and O–H groups in total. The van der Waals surface area contributed by atoms with E-state index in [0.717, 1.165) is 12.4 Å². The maximum absolute atomic E-state index is 4.44. The van der Waals surface area contributed by atoms with E-state index in [1.807, 2.05) is 6.20 Å². The van der Waals surface area contributed by atoms with Gasteiger partial charge in [0.1, 0.15) is 5.82 Å². The van der Waals surface area contributed by atoms with E-state index in [4.69, 9.17) is 0 Å². The SMILES string of the molecule is c1cc(C2CCCN2)cc(NC2CCCC2)n1. The second-order valence-electron chi connectivity index (χ2n) is 5.25. The molecule has 3 heteroatoms. The van der Waals surface area contributed by atoms with Gasteiger partial charge in [-0.05, 0) is 49.9 Å². The summed E-state index contributed by atoms with van der Waals surface area (Å²) in [5.41, 5.74) is 1.39. The second-order valence-corrected chi connectivity index (χ2v) is 5.25. The number of hydrogen-bond donors (Lipinski definition) is 2. The predicted octanol–water partition coefficient (Wildman–Crippen LogP) is 2.86. The molecule has 0 aromatic carbocycles. The van der Waals surface area contributed by atoms with Gasteiger partial charge in [-0.15, -0.1) is 0 Å². The van der Waals surface area contributed by atoms with Gasteiger partial charge in [0.05, 0.1) is 0 Å². The van der Waals surface area contributed by atoms with Gasteiger partial charge in [0, 0.05) is 18.3 Å². The molecule has 1 saturated carbocycles. The monoisotopic (exact) mass is 231 g/mol. The summed E-state index contributed by atoms with van der Waals surface area (Å²) in [6, 6.07) is 5.56. The molecule has 2 heterocycles. The Morgan fingerprint density at radius 2 is 2.06 bits per heavy atom. The van der Waals surface area contributed by atoms with E-state index in [1.54, 1.807) is 0 Å². The molecule has 92 valence electrons. The summed E-state index contributed by atoms with van der Waals surface area (Å²) in [6.07, 6.45) is 9.81. The summed E-state index contributed by atoms with van der Waals surface area (Å²) < 4.78 is 0. The fraction of sp³-hybridized carbons (Fsp3) is 0.643. The molecule has 1 aromatic heterocycles. The smallest absolute Gasteiger partial charge is 0.126 e. The molecule has 1 aliphatic heterocycles. The molecule has 0 radical (unpaired) electrons. The number of pyridine rings is 1. The summed E-state index contributed by atoms with van der Waals surface area (Å²) in [4.78, 5) is 4.44. The van der Waals surface area contributed by atoms with Crippen molar-refractivity contribution in [1.29, 1.82) is 0 Å². The van der Waals surface area contributed by atoms with Crippen molar-refractivity contribution in [3.8, 4) is 0 Å². The highest BCUT2D eigenvalue weighted by atomic mass is 15.0. The first-order valence-corrected chi connectivity index (χ1v) is 6.88. The quantitative estimate of drug-likeness (QED) is 0.840. The third-order valence-electron chi connectivity index (χ3n) is 3.95. The lowest BCUT2D eigenvalue weighted by molar-refractivity contribution is 0.646. The second kappa shape index (κ2) is 5.05. The van der Waals surface area contributed by atoms with Crippen LogP contribution in [0.2, 0.25) is 0 Å². The first kappa shape index (κ1) is 11.0. The average Bonchev–Trinajstić information content (AvgIpc) is 3.01. The van der Waals surface area contributed by atoms with Crippen molar-refractivity contribution in [1.82, 2.24) is 10.3 Å². The standard InChI is InChI=1S/C14H21N3/c1-2-5-12(4-1)17-14-10-11(7-9-16-14)13-6-3-8-15-13/h7,9-10,12-13,15H,1-6,8H2,(H,16,17). The van der Waals surface area contributed by atoms with Gasteiger partial charge in [-0.25, -0.2) is 4.98 Å². The van der Waals surface area contributed by atoms with E-state index in [1.165, 1.54) is 44.1 Å². The first-order valence-electron chi connectivity index (χ1n) is 6.88. The summed E-state index contributed by atoms with van der Waals surface area (Å²) >= 11 is 0. The van der Waals surface area contributed by atoms with Crippen molar-refractivity contribution in [3.63, 3.8) is 0 Å². The molecule has 17 heavy (non-hydrogen) atoms. The number of rotatable bonds is 3. The summed E-state index contributed by atoms with van der Waals surface area (Å²) in [5.74, 6) is 1.06. The fourth-order valence-corrected chi connectivity index (χ4v) is 2.99. The van der Waals surface area contributed by atoms with Gasteiger partial charge in [0.15, 0.2) is 0 Å². The largest absolute Gasteiger partial charge is 0.367 e. The molecule has 0 bridgehead atoms. The van der Waals surface area contributed by atoms with Crippen LogP contribution in [0.4, 0.5) is 5.82 Å². The topological polar surface area (TPSA) is 37.0 Å². The van der Waals surface area contributed by atoms with Crippen molar-refractivity contribution in [2.45, 2.75) is 50.6 Å². The van der Waals surface area contributed by atoms with Crippen molar-refractivity contribution in [2.75, 3.05) is 11.9 Å².